The van der Waals surface area contributed by atoms with Crippen molar-refractivity contribution in [3.63, 3.8) is 0 Å². The molecule has 2 rings (SSSR count). The third-order valence-electron chi connectivity index (χ3n) is 3.02. The van der Waals surface area contributed by atoms with E-state index >= 15 is 0 Å². The van der Waals surface area contributed by atoms with Crippen molar-refractivity contribution >= 4 is 23.7 Å². The molecule has 0 aliphatic heterocycles. The highest BCUT2D eigenvalue weighted by molar-refractivity contribution is 5.96. The third kappa shape index (κ3) is 5.50. The Balaban J connectivity index is 1.79. The Morgan fingerprint density at radius 2 is 1.76 bits per heavy atom. The summed E-state index contributed by atoms with van der Waals surface area (Å²) in [6.45, 7) is -0.312. The first kappa shape index (κ1) is 17.7. The monoisotopic (exact) mass is 344 g/mol. The standard InChI is InChI=1S/C16H13FN4O4/c17-13-5-3-12(4-6-13)16(23)18-10-15(22)20-19-9-11-1-7-14(8-2-11)21(24)25/h1-9H,10H2,(H,18,23)(H,20,22)/b19-9+. The molecule has 0 saturated heterocycles. The molecule has 0 aromatic heterocycles. The first-order valence-corrected chi connectivity index (χ1v) is 7.06. The lowest BCUT2D eigenvalue weighted by Crippen LogP contribution is -2.34. The van der Waals surface area contributed by atoms with Crippen LogP contribution in [0.4, 0.5) is 10.1 Å². The van der Waals surface area contributed by atoms with Crippen molar-refractivity contribution in [1.29, 1.82) is 0 Å². The minimum Gasteiger partial charge on any atom is -0.343 e. The minimum absolute atomic E-state index is 0.0512. The van der Waals surface area contributed by atoms with Crippen LogP contribution in [0, 0.1) is 15.9 Å². The fourth-order valence-corrected chi connectivity index (χ4v) is 1.76. The van der Waals surface area contributed by atoms with Crippen LogP contribution >= 0.6 is 0 Å². The van der Waals surface area contributed by atoms with Crippen LogP contribution in [0.5, 0.6) is 0 Å². The number of halogens is 1. The van der Waals surface area contributed by atoms with E-state index in [1.54, 1.807) is 0 Å². The van der Waals surface area contributed by atoms with E-state index in [1.807, 2.05) is 0 Å². The third-order valence-corrected chi connectivity index (χ3v) is 3.02. The minimum atomic E-state index is -0.561. The molecule has 2 aromatic carbocycles. The maximum atomic E-state index is 12.8. The Morgan fingerprint density at radius 3 is 2.36 bits per heavy atom. The Labute approximate surface area is 141 Å². The van der Waals surface area contributed by atoms with Gasteiger partial charge < -0.3 is 5.32 Å². The summed E-state index contributed by atoms with van der Waals surface area (Å²) in [6, 6.07) is 10.5. The van der Waals surface area contributed by atoms with Crippen LogP contribution < -0.4 is 10.7 Å². The number of carbonyl (C=O) groups excluding carboxylic acids is 2. The van der Waals surface area contributed by atoms with Crippen LogP contribution in [-0.4, -0.2) is 29.5 Å². The number of nitrogens with zero attached hydrogens (tertiary/aromatic N) is 2. The molecule has 0 spiro atoms. The lowest BCUT2D eigenvalue weighted by Gasteiger charge is -2.04. The zero-order valence-corrected chi connectivity index (χ0v) is 12.8. The van der Waals surface area contributed by atoms with Crippen LogP contribution in [0.15, 0.2) is 53.6 Å². The molecule has 2 N–H and O–H groups in total. The summed E-state index contributed by atoms with van der Waals surface area (Å²) in [5.41, 5.74) is 2.94. The molecule has 8 nitrogen and oxygen atoms in total. The van der Waals surface area contributed by atoms with E-state index in [1.165, 1.54) is 42.6 Å². The number of hydrazone groups is 1. The number of nitro benzene ring substituents is 1. The molecule has 9 heteroatoms. The Morgan fingerprint density at radius 1 is 1.12 bits per heavy atom. The van der Waals surface area contributed by atoms with Crippen LogP contribution in [-0.2, 0) is 4.79 Å². The lowest BCUT2D eigenvalue weighted by molar-refractivity contribution is -0.384. The molecule has 0 unspecified atom stereocenters. The molecule has 128 valence electrons. The van der Waals surface area contributed by atoms with Crippen molar-refractivity contribution in [2.24, 2.45) is 5.10 Å². The largest absolute Gasteiger partial charge is 0.343 e. The number of hydrogen-bond acceptors (Lipinski definition) is 5. The number of hydrogen-bond donors (Lipinski definition) is 2. The second-order valence-corrected chi connectivity index (χ2v) is 4.83. The molecule has 0 heterocycles. The molecule has 0 fully saturated rings. The zero-order valence-electron chi connectivity index (χ0n) is 12.8. The van der Waals surface area contributed by atoms with E-state index in [2.05, 4.69) is 15.8 Å². The maximum Gasteiger partial charge on any atom is 0.269 e. The van der Waals surface area contributed by atoms with Gasteiger partial charge in [-0.2, -0.15) is 5.10 Å². The molecule has 0 bridgehead atoms. The molecule has 0 aliphatic rings. The highest BCUT2D eigenvalue weighted by Crippen LogP contribution is 2.10. The predicted molar refractivity (Wildman–Crippen MR) is 87.6 cm³/mol. The zero-order chi connectivity index (χ0) is 18.2. The van der Waals surface area contributed by atoms with Gasteiger partial charge in [-0.25, -0.2) is 9.82 Å². The van der Waals surface area contributed by atoms with Gasteiger partial charge in [0.2, 0.25) is 0 Å². The molecular formula is C16H13FN4O4. The molecule has 2 amide bonds. The maximum absolute atomic E-state index is 12.8. The lowest BCUT2D eigenvalue weighted by atomic mass is 10.2. The number of nitro groups is 1. The predicted octanol–water partition coefficient (Wildman–Crippen LogP) is 1.61. The van der Waals surface area contributed by atoms with Gasteiger partial charge in [-0.05, 0) is 42.0 Å². The summed E-state index contributed by atoms with van der Waals surface area (Å²) in [5.74, 6) is -1.54. The van der Waals surface area contributed by atoms with Crippen LogP contribution in [0.2, 0.25) is 0 Å². The first-order valence-electron chi connectivity index (χ1n) is 7.06. The summed E-state index contributed by atoms with van der Waals surface area (Å²) < 4.78 is 12.8. The van der Waals surface area contributed by atoms with Gasteiger partial charge in [0.25, 0.3) is 17.5 Å². The van der Waals surface area contributed by atoms with E-state index < -0.39 is 22.6 Å². The fourth-order valence-electron chi connectivity index (χ4n) is 1.76. The molecule has 25 heavy (non-hydrogen) atoms. The van der Waals surface area contributed by atoms with Crippen LogP contribution in [0.3, 0.4) is 0 Å². The Bertz CT molecular complexity index is 804. The van der Waals surface area contributed by atoms with Crippen LogP contribution in [0.25, 0.3) is 0 Å². The second kappa shape index (κ2) is 8.29. The number of rotatable bonds is 6. The Hall–Kier alpha value is -3.62. The molecular weight excluding hydrogens is 331 g/mol. The summed E-state index contributed by atoms with van der Waals surface area (Å²) in [5, 5.41) is 16.6. The molecule has 0 saturated carbocycles. The number of amides is 2. The van der Waals surface area contributed by atoms with Gasteiger partial charge in [0.15, 0.2) is 0 Å². The van der Waals surface area contributed by atoms with Gasteiger partial charge in [-0.1, -0.05) is 0 Å². The second-order valence-electron chi connectivity index (χ2n) is 4.83. The first-order chi connectivity index (χ1) is 12.0. The van der Waals surface area contributed by atoms with Gasteiger partial charge >= 0.3 is 0 Å². The van der Waals surface area contributed by atoms with E-state index in [9.17, 15) is 24.1 Å². The van der Waals surface area contributed by atoms with Gasteiger partial charge in [-0.3, -0.25) is 19.7 Å². The quantitative estimate of drug-likeness (QED) is 0.471. The van der Waals surface area contributed by atoms with E-state index in [0.29, 0.717) is 5.56 Å². The van der Waals surface area contributed by atoms with Crippen molar-refractivity contribution in [2.75, 3.05) is 6.54 Å². The van der Waals surface area contributed by atoms with E-state index in [0.717, 1.165) is 12.1 Å². The smallest absolute Gasteiger partial charge is 0.269 e. The van der Waals surface area contributed by atoms with Crippen molar-refractivity contribution in [2.45, 2.75) is 0 Å². The molecule has 0 atom stereocenters. The van der Waals surface area contributed by atoms with Crippen molar-refractivity contribution < 1.29 is 18.9 Å². The van der Waals surface area contributed by atoms with Gasteiger partial charge in [0.05, 0.1) is 17.7 Å². The number of nitrogens with one attached hydrogen (secondary N) is 2. The summed E-state index contributed by atoms with van der Waals surface area (Å²) in [4.78, 5) is 33.3. The number of carbonyl (C=O) groups is 2. The molecule has 0 radical (unpaired) electrons. The average molecular weight is 344 g/mol. The normalized spacial score (nSPS) is 10.4. The molecule has 0 aliphatic carbocycles. The Kier molecular flexibility index (Phi) is 5.88. The highest BCUT2D eigenvalue weighted by Gasteiger charge is 2.07. The van der Waals surface area contributed by atoms with E-state index in [-0.39, 0.29) is 17.8 Å². The van der Waals surface area contributed by atoms with Gasteiger partial charge in [0, 0.05) is 17.7 Å². The fraction of sp³-hybridized carbons (Fsp3) is 0.0625. The van der Waals surface area contributed by atoms with E-state index in [4.69, 9.17) is 0 Å². The highest BCUT2D eigenvalue weighted by atomic mass is 19.1. The number of non-ortho nitro benzene ring substituents is 1. The SMILES string of the molecule is O=C(CNC(=O)c1ccc(F)cc1)N/N=C/c1ccc([N+](=O)[O-])cc1. The van der Waals surface area contributed by atoms with Gasteiger partial charge in [0.1, 0.15) is 5.82 Å². The summed E-state index contributed by atoms with van der Waals surface area (Å²) in [6.07, 6.45) is 1.31. The summed E-state index contributed by atoms with van der Waals surface area (Å²) in [7, 11) is 0. The van der Waals surface area contributed by atoms with Crippen molar-refractivity contribution in [3.05, 3.63) is 75.6 Å². The number of benzene rings is 2. The van der Waals surface area contributed by atoms with Crippen LogP contribution in [0.1, 0.15) is 15.9 Å². The average Bonchev–Trinajstić information content (AvgIpc) is 2.60. The summed E-state index contributed by atoms with van der Waals surface area (Å²) >= 11 is 0. The van der Waals surface area contributed by atoms with Crippen molar-refractivity contribution in [1.82, 2.24) is 10.7 Å². The molecule has 2 aromatic rings. The topological polar surface area (TPSA) is 114 Å². The van der Waals surface area contributed by atoms with Gasteiger partial charge in [-0.15, -0.1) is 0 Å². The van der Waals surface area contributed by atoms with Crippen molar-refractivity contribution in [3.8, 4) is 0 Å².